The zero-order valence-electron chi connectivity index (χ0n) is 11.2. The molecule has 0 spiro atoms. The van der Waals surface area contributed by atoms with Crippen molar-refractivity contribution in [1.29, 1.82) is 0 Å². The fraction of sp³-hybridized carbons (Fsp3) is 0.125. The predicted molar refractivity (Wildman–Crippen MR) is 80.2 cm³/mol. The van der Waals surface area contributed by atoms with Crippen molar-refractivity contribution in [2.45, 2.75) is 12.8 Å². The van der Waals surface area contributed by atoms with E-state index in [1.807, 2.05) is 18.2 Å². The minimum atomic E-state index is 0.119. The van der Waals surface area contributed by atoms with E-state index in [9.17, 15) is 0 Å². The molecule has 3 N–H and O–H groups in total. The van der Waals surface area contributed by atoms with Gasteiger partial charge in [0.25, 0.3) is 0 Å². The van der Waals surface area contributed by atoms with Crippen LogP contribution in [0.2, 0.25) is 0 Å². The van der Waals surface area contributed by atoms with Gasteiger partial charge in [-0.3, -0.25) is 0 Å². The van der Waals surface area contributed by atoms with Gasteiger partial charge in [0.05, 0.1) is 0 Å². The molecule has 0 fully saturated rings. The molecule has 0 saturated carbocycles. The molecular weight excluding hydrogens is 248 g/mol. The highest BCUT2D eigenvalue weighted by molar-refractivity contribution is 5.63. The van der Waals surface area contributed by atoms with E-state index in [-0.39, 0.29) is 5.92 Å². The third-order valence-electron chi connectivity index (χ3n) is 3.43. The van der Waals surface area contributed by atoms with Gasteiger partial charge in [-0.05, 0) is 16.7 Å². The summed E-state index contributed by atoms with van der Waals surface area (Å²) in [7, 11) is 0. The van der Waals surface area contributed by atoms with E-state index in [1.165, 1.54) is 16.7 Å². The fourth-order valence-electron chi connectivity index (χ4n) is 2.23. The highest BCUT2D eigenvalue weighted by Crippen LogP contribution is 2.25. The first-order valence-corrected chi connectivity index (χ1v) is 6.57. The van der Waals surface area contributed by atoms with Crippen LogP contribution in [-0.2, 0) is 0 Å². The summed E-state index contributed by atoms with van der Waals surface area (Å²) in [4.78, 5) is 4.18. The van der Waals surface area contributed by atoms with Crippen molar-refractivity contribution in [2.75, 3.05) is 5.73 Å². The summed E-state index contributed by atoms with van der Waals surface area (Å²) in [6.07, 6.45) is 0. The minimum absolute atomic E-state index is 0.119. The van der Waals surface area contributed by atoms with Crippen molar-refractivity contribution in [3.05, 3.63) is 66.0 Å². The first-order valence-electron chi connectivity index (χ1n) is 6.57. The summed E-state index contributed by atoms with van der Waals surface area (Å²) < 4.78 is 0. The molecule has 2 aromatic carbocycles. The second-order valence-corrected chi connectivity index (χ2v) is 4.79. The van der Waals surface area contributed by atoms with Crippen LogP contribution in [-0.4, -0.2) is 15.2 Å². The van der Waals surface area contributed by atoms with Crippen LogP contribution in [0.15, 0.2) is 54.6 Å². The van der Waals surface area contributed by atoms with Crippen LogP contribution in [0.25, 0.3) is 11.1 Å². The average molecular weight is 264 g/mol. The molecule has 3 aromatic rings. The Morgan fingerprint density at radius 2 is 1.60 bits per heavy atom. The Labute approximate surface area is 117 Å². The average Bonchev–Trinajstić information content (AvgIpc) is 2.94. The summed E-state index contributed by atoms with van der Waals surface area (Å²) in [5.74, 6) is 1.19. The maximum Gasteiger partial charge on any atom is 0.216 e. The molecule has 0 amide bonds. The third kappa shape index (κ3) is 2.40. The number of aromatic nitrogens is 3. The van der Waals surface area contributed by atoms with Gasteiger partial charge in [-0.25, -0.2) is 5.10 Å². The Hall–Kier alpha value is -2.62. The van der Waals surface area contributed by atoms with Gasteiger partial charge in [0.2, 0.25) is 5.95 Å². The number of aromatic amines is 1. The van der Waals surface area contributed by atoms with Crippen molar-refractivity contribution in [3.63, 3.8) is 0 Å². The molecule has 1 heterocycles. The van der Waals surface area contributed by atoms with Crippen LogP contribution >= 0.6 is 0 Å². The number of nitrogens with zero attached hydrogens (tertiary/aromatic N) is 2. The van der Waals surface area contributed by atoms with Crippen LogP contribution in [0.3, 0.4) is 0 Å². The van der Waals surface area contributed by atoms with Gasteiger partial charge in [-0.2, -0.15) is 10.1 Å². The predicted octanol–water partition coefficient (Wildman–Crippen LogP) is 3.21. The lowest BCUT2D eigenvalue weighted by atomic mass is 9.97. The molecule has 0 aliphatic heterocycles. The number of hydrogen-bond acceptors (Lipinski definition) is 3. The molecule has 0 aliphatic rings. The lowest BCUT2D eigenvalue weighted by molar-refractivity contribution is 0.823. The van der Waals surface area contributed by atoms with Gasteiger partial charge < -0.3 is 5.73 Å². The number of benzene rings is 2. The highest BCUT2D eigenvalue weighted by Gasteiger charge is 2.13. The number of nitrogen functional groups attached to an aromatic ring is 1. The van der Waals surface area contributed by atoms with Crippen LogP contribution in [0, 0.1) is 0 Å². The van der Waals surface area contributed by atoms with Crippen molar-refractivity contribution >= 4 is 5.95 Å². The maximum absolute atomic E-state index is 5.57. The molecule has 4 heteroatoms. The molecule has 20 heavy (non-hydrogen) atoms. The molecule has 4 nitrogen and oxygen atoms in total. The van der Waals surface area contributed by atoms with Gasteiger partial charge in [0, 0.05) is 5.92 Å². The largest absolute Gasteiger partial charge is 0.368 e. The SMILES string of the molecule is CC(c1ccc(-c2ccccc2)cc1)c1n[nH]c(N)n1. The first kappa shape index (κ1) is 12.4. The van der Waals surface area contributed by atoms with Crippen LogP contribution in [0.5, 0.6) is 0 Å². The Bertz CT molecular complexity index is 686. The van der Waals surface area contributed by atoms with E-state index in [0.29, 0.717) is 5.95 Å². The molecule has 0 saturated heterocycles. The monoisotopic (exact) mass is 264 g/mol. The van der Waals surface area contributed by atoms with Crippen LogP contribution in [0.1, 0.15) is 24.2 Å². The Morgan fingerprint density at radius 3 is 2.20 bits per heavy atom. The standard InChI is InChI=1S/C16H16N4/c1-11(15-18-16(17)20-19-15)12-7-9-14(10-8-12)13-5-3-2-4-6-13/h2-11H,1H3,(H3,17,18,19,20). The zero-order valence-corrected chi connectivity index (χ0v) is 11.2. The second kappa shape index (κ2) is 5.17. The normalized spacial score (nSPS) is 12.2. The van der Waals surface area contributed by atoms with Gasteiger partial charge in [0.1, 0.15) is 0 Å². The summed E-state index contributed by atoms with van der Waals surface area (Å²) in [6, 6.07) is 18.8. The molecule has 1 atom stereocenters. The zero-order chi connectivity index (χ0) is 13.9. The molecule has 1 unspecified atom stereocenters. The number of rotatable bonds is 3. The molecule has 1 aromatic heterocycles. The Balaban J connectivity index is 1.86. The number of nitrogens with two attached hydrogens (primary N) is 1. The topological polar surface area (TPSA) is 67.6 Å². The molecule has 3 rings (SSSR count). The Kier molecular flexibility index (Phi) is 3.21. The lowest BCUT2D eigenvalue weighted by Gasteiger charge is -2.09. The van der Waals surface area contributed by atoms with Gasteiger partial charge in [-0.1, -0.05) is 61.5 Å². The number of nitrogens with one attached hydrogen (secondary N) is 1. The summed E-state index contributed by atoms with van der Waals surface area (Å²) in [6.45, 7) is 2.07. The van der Waals surface area contributed by atoms with E-state index in [0.717, 1.165) is 5.82 Å². The summed E-state index contributed by atoms with van der Waals surface area (Å²) in [5, 5.41) is 6.78. The van der Waals surface area contributed by atoms with Crippen molar-refractivity contribution in [3.8, 4) is 11.1 Å². The summed E-state index contributed by atoms with van der Waals surface area (Å²) >= 11 is 0. The van der Waals surface area contributed by atoms with E-state index < -0.39 is 0 Å². The molecular formula is C16H16N4. The third-order valence-corrected chi connectivity index (χ3v) is 3.43. The van der Waals surface area contributed by atoms with Crippen molar-refractivity contribution in [2.24, 2.45) is 0 Å². The molecule has 100 valence electrons. The van der Waals surface area contributed by atoms with E-state index in [4.69, 9.17) is 5.73 Å². The van der Waals surface area contributed by atoms with Crippen molar-refractivity contribution < 1.29 is 0 Å². The van der Waals surface area contributed by atoms with Gasteiger partial charge in [-0.15, -0.1) is 0 Å². The highest BCUT2D eigenvalue weighted by atomic mass is 15.3. The smallest absolute Gasteiger partial charge is 0.216 e. The number of hydrogen-bond donors (Lipinski definition) is 2. The summed E-state index contributed by atoms with van der Waals surface area (Å²) in [5.41, 5.74) is 9.16. The number of anilines is 1. The fourth-order valence-corrected chi connectivity index (χ4v) is 2.23. The molecule has 0 bridgehead atoms. The second-order valence-electron chi connectivity index (χ2n) is 4.79. The van der Waals surface area contributed by atoms with E-state index in [2.05, 4.69) is 58.5 Å². The van der Waals surface area contributed by atoms with E-state index >= 15 is 0 Å². The quantitative estimate of drug-likeness (QED) is 0.763. The van der Waals surface area contributed by atoms with Crippen LogP contribution in [0.4, 0.5) is 5.95 Å². The van der Waals surface area contributed by atoms with Crippen LogP contribution < -0.4 is 5.73 Å². The minimum Gasteiger partial charge on any atom is -0.368 e. The van der Waals surface area contributed by atoms with Gasteiger partial charge in [0.15, 0.2) is 5.82 Å². The molecule has 0 radical (unpaired) electrons. The Morgan fingerprint density at radius 1 is 0.950 bits per heavy atom. The van der Waals surface area contributed by atoms with Crippen molar-refractivity contribution in [1.82, 2.24) is 15.2 Å². The first-order chi connectivity index (χ1) is 9.74. The lowest BCUT2D eigenvalue weighted by Crippen LogP contribution is -1.98. The van der Waals surface area contributed by atoms with Gasteiger partial charge >= 0.3 is 0 Å². The number of H-pyrrole nitrogens is 1. The molecule has 0 aliphatic carbocycles. The maximum atomic E-state index is 5.57. The van der Waals surface area contributed by atoms with E-state index in [1.54, 1.807) is 0 Å².